The maximum Gasteiger partial charge on any atom is 0.283 e. The van der Waals surface area contributed by atoms with Gasteiger partial charge in [-0.25, -0.2) is 32.2 Å². The van der Waals surface area contributed by atoms with E-state index in [1.165, 1.54) is 29.9 Å². The number of aliphatic hydroxyl groups excluding tert-OH is 1. The molecule has 0 bridgehead atoms. The number of hydrogen-bond acceptors (Lipinski definition) is 7. The normalized spacial score (nSPS) is 14.1. The first-order valence-corrected chi connectivity index (χ1v) is 11.1. The molecule has 0 atom stereocenters. The van der Waals surface area contributed by atoms with Gasteiger partial charge in [-0.2, -0.15) is 20.0 Å². The number of hydrogen-bond donors (Lipinski definition) is 1. The van der Waals surface area contributed by atoms with Crippen molar-refractivity contribution >= 4 is 22.4 Å². The van der Waals surface area contributed by atoms with Gasteiger partial charge in [0, 0.05) is 42.0 Å². The molecule has 1 aliphatic rings. The fraction of sp³-hybridized carbons (Fsp3) is 0.208. The molecule has 0 radical (unpaired) electrons. The third kappa shape index (κ3) is 3.33. The predicted molar refractivity (Wildman–Crippen MR) is 123 cm³/mol. The molecule has 0 aliphatic carbocycles. The standard InChI is InChI=1S/C24H16F4N8O/c1-11-17(18-13-3-4-16(35-6-2-5-31-35)19(26)20(13)30-8-15(18)25)24(34-9-12(37)10-34)36-23(32-11)14(7-29)21(33-36)22(27)28/h2-6,8,12,22,37H,9-10H2,1H3. The summed E-state index contributed by atoms with van der Waals surface area (Å²) in [6.45, 7) is 1.75. The van der Waals surface area contributed by atoms with Crippen molar-refractivity contribution in [1.82, 2.24) is 29.4 Å². The van der Waals surface area contributed by atoms with Gasteiger partial charge in [0.05, 0.1) is 18.0 Å². The summed E-state index contributed by atoms with van der Waals surface area (Å²) in [7, 11) is 0. The van der Waals surface area contributed by atoms with Crippen LogP contribution >= 0.6 is 0 Å². The SMILES string of the molecule is Cc1nc2c(C#N)c(C(F)F)nn2c(N2CC(O)C2)c1-c1c(F)cnc2c(F)c(-n3cccn3)ccc12. The molecule has 6 rings (SSSR count). The van der Waals surface area contributed by atoms with Crippen LogP contribution in [-0.2, 0) is 0 Å². The molecule has 0 amide bonds. The Bertz CT molecular complexity index is 1740. The van der Waals surface area contributed by atoms with Crippen LogP contribution in [0.25, 0.3) is 33.4 Å². The molecule has 1 fully saturated rings. The third-order valence-corrected chi connectivity index (χ3v) is 6.34. The summed E-state index contributed by atoms with van der Waals surface area (Å²) in [6, 6.07) is 6.28. The Kier molecular flexibility index (Phi) is 5.09. The Hall–Kier alpha value is -4.57. The van der Waals surface area contributed by atoms with E-state index >= 15 is 8.78 Å². The second-order valence-corrected chi connectivity index (χ2v) is 8.59. The molecule has 1 N–H and O–H groups in total. The van der Waals surface area contributed by atoms with Crippen molar-refractivity contribution < 1.29 is 22.7 Å². The summed E-state index contributed by atoms with van der Waals surface area (Å²) in [5.41, 5.74) is -1.03. The molecule has 9 nitrogen and oxygen atoms in total. The lowest BCUT2D eigenvalue weighted by Crippen LogP contribution is -2.52. The number of benzene rings is 1. The number of alkyl halides is 2. The quantitative estimate of drug-likeness (QED) is 0.369. The number of pyridine rings is 1. The van der Waals surface area contributed by atoms with E-state index in [1.807, 2.05) is 0 Å². The molecule has 1 aromatic carbocycles. The van der Waals surface area contributed by atoms with Crippen LogP contribution in [0.2, 0.25) is 0 Å². The first-order valence-electron chi connectivity index (χ1n) is 11.1. The van der Waals surface area contributed by atoms with Gasteiger partial charge in [-0.1, -0.05) is 0 Å². The van der Waals surface area contributed by atoms with Crippen molar-refractivity contribution in [2.75, 3.05) is 18.0 Å². The van der Waals surface area contributed by atoms with E-state index < -0.39 is 35.4 Å². The number of nitriles is 1. The van der Waals surface area contributed by atoms with Crippen molar-refractivity contribution in [3.05, 3.63) is 65.4 Å². The molecule has 37 heavy (non-hydrogen) atoms. The second kappa shape index (κ2) is 8.24. The monoisotopic (exact) mass is 508 g/mol. The molecule has 5 aromatic rings. The zero-order valence-electron chi connectivity index (χ0n) is 19.1. The topological polar surface area (TPSA) is 108 Å². The minimum Gasteiger partial charge on any atom is -0.389 e. The number of aromatic nitrogens is 6. The maximum absolute atomic E-state index is 15.6. The number of rotatable bonds is 4. The van der Waals surface area contributed by atoms with Gasteiger partial charge < -0.3 is 10.0 Å². The highest BCUT2D eigenvalue weighted by Crippen LogP contribution is 2.42. The molecule has 0 saturated carbocycles. The summed E-state index contributed by atoms with van der Waals surface area (Å²) in [4.78, 5) is 9.93. The van der Waals surface area contributed by atoms with Crippen LogP contribution in [0.3, 0.4) is 0 Å². The molecule has 1 aliphatic heterocycles. The Morgan fingerprint density at radius 3 is 2.62 bits per heavy atom. The molecule has 4 aromatic heterocycles. The molecule has 186 valence electrons. The van der Waals surface area contributed by atoms with Gasteiger partial charge in [-0.05, 0) is 25.1 Å². The van der Waals surface area contributed by atoms with Crippen LogP contribution in [0.15, 0.2) is 36.8 Å². The van der Waals surface area contributed by atoms with Crippen LogP contribution < -0.4 is 4.90 Å². The van der Waals surface area contributed by atoms with Gasteiger partial charge in [0.2, 0.25) is 0 Å². The Balaban J connectivity index is 1.70. The number of fused-ring (bicyclic) bond motifs is 2. The number of aliphatic hydroxyl groups is 1. The van der Waals surface area contributed by atoms with Crippen LogP contribution in [0, 0.1) is 29.9 Å². The fourth-order valence-electron chi connectivity index (χ4n) is 4.67. The fourth-order valence-corrected chi connectivity index (χ4v) is 4.67. The molecule has 1 saturated heterocycles. The van der Waals surface area contributed by atoms with Crippen LogP contribution in [0.4, 0.5) is 23.4 Å². The van der Waals surface area contributed by atoms with Gasteiger partial charge in [-0.3, -0.25) is 0 Å². The lowest BCUT2D eigenvalue weighted by molar-refractivity contribution is 0.140. The first-order chi connectivity index (χ1) is 17.8. The number of β-amino-alcohol motifs (C(OH)–C–C–N with tert-alkyl or cyclic N) is 1. The lowest BCUT2D eigenvalue weighted by Gasteiger charge is -2.39. The average Bonchev–Trinajstić information content (AvgIpc) is 3.50. The second-order valence-electron chi connectivity index (χ2n) is 8.59. The van der Waals surface area contributed by atoms with Crippen LogP contribution in [0.5, 0.6) is 0 Å². The van der Waals surface area contributed by atoms with E-state index in [-0.39, 0.29) is 58.0 Å². The average molecular weight is 508 g/mol. The van der Waals surface area contributed by atoms with Crippen molar-refractivity contribution in [3.8, 4) is 22.9 Å². The third-order valence-electron chi connectivity index (χ3n) is 6.34. The maximum atomic E-state index is 15.6. The predicted octanol–water partition coefficient (Wildman–Crippen LogP) is 3.71. The summed E-state index contributed by atoms with van der Waals surface area (Å²) in [5.74, 6) is -1.38. The number of anilines is 1. The highest BCUT2D eigenvalue weighted by Gasteiger charge is 2.34. The van der Waals surface area contributed by atoms with Crippen molar-refractivity contribution in [2.45, 2.75) is 19.5 Å². The van der Waals surface area contributed by atoms with E-state index in [1.54, 1.807) is 23.2 Å². The zero-order chi connectivity index (χ0) is 26.0. The van der Waals surface area contributed by atoms with E-state index in [0.29, 0.717) is 0 Å². The van der Waals surface area contributed by atoms with Crippen molar-refractivity contribution in [1.29, 1.82) is 5.26 Å². The number of halogens is 4. The summed E-state index contributed by atoms with van der Waals surface area (Å²) >= 11 is 0. The molecular weight excluding hydrogens is 492 g/mol. The Morgan fingerprint density at radius 2 is 1.97 bits per heavy atom. The Morgan fingerprint density at radius 1 is 1.19 bits per heavy atom. The number of aryl methyl sites for hydroxylation is 1. The molecule has 5 heterocycles. The summed E-state index contributed by atoms with van der Waals surface area (Å²) < 4.78 is 60.9. The van der Waals surface area contributed by atoms with Crippen LogP contribution in [0.1, 0.15) is 23.4 Å². The highest BCUT2D eigenvalue weighted by atomic mass is 19.3. The zero-order valence-corrected chi connectivity index (χ0v) is 19.1. The van der Waals surface area contributed by atoms with Gasteiger partial charge in [0.25, 0.3) is 6.43 Å². The summed E-state index contributed by atoms with van der Waals surface area (Å²) in [5, 5.41) is 27.6. The molecule has 0 unspecified atom stereocenters. The lowest BCUT2D eigenvalue weighted by atomic mass is 9.97. The first kappa shape index (κ1) is 22.9. The minimum atomic E-state index is -3.05. The molecule has 13 heteroatoms. The number of nitrogens with zero attached hydrogens (tertiary/aromatic N) is 8. The van der Waals surface area contributed by atoms with Gasteiger partial charge in [-0.15, -0.1) is 0 Å². The summed E-state index contributed by atoms with van der Waals surface area (Å²) in [6.07, 6.45) is 0.154. The van der Waals surface area contributed by atoms with E-state index in [4.69, 9.17) is 0 Å². The minimum absolute atomic E-state index is 0.0631. The Labute approximate surface area is 205 Å². The highest BCUT2D eigenvalue weighted by molar-refractivity contribution is 5.99. The molecule has 0 spiro atoms. The van der Waals surface area contributed by atoms with E-state index in [0.717, 1.165) is 10.7 Å². The van der Waals surface area contributed by atoms with Gasteiger partial charge in [0.15, 0.2) is 11.5 Å². The van der Waals surface area contributed by atoms with E-state index in [9.17, 15) is 19.1 Å². The molecular formula is C24H16F4N8O. The van der Waals surface area contributed by atoms with Crippen molar-refractivity contribution in [2.24, 2.45) is 0 Å². The van der Waals surface area contributed by atoms with Gasteiger partial charge >= 0.3 is 0 Å². The van der Waals surface area contributed by atoms with Crippen molar-refractivity contribution in [3.63, 3.8) is 0 Å². The van der Waals surface area contributed by atoms with E-state index in [2.05, 4.69) is 20.2 Å². The van der Waals surface area contributed by atoms with Gasteiger partial charge in [0.1, 0.15) is 40.2 Å². The largest absolute Gasteiger partial charge is 0.389 e. The van der Waals surface area contributed by atoms with Crippen LogP contribution in [-0.4, -0.2) is 53.7 Å². The smallest absolute Gasteiger partial charge is 0.283 e.